The zero-order valence-electron chi connectivity index (χ0n) is 26.0. The average Bonchev–Trinajstić information content (AvgIpc) is 3.16. The fourth-order valence-corrected chi connectivity index (χ4v) is 5.84. The van der Waals surface area contributed by atoms with Crippen LogP contribution < -0.4 is 0 Å². The molecule has 8 aromatic rings. The molecule has 0 unspecified atom stereocenters. The summed E-state index contributed by atoms with van der Waals surface area (Å²) in [5.74, 6) is 1.84. The van der Waals surface area contributed by atoms with Gasteiger partial charge in [-0.2, -0.15) is 0 Å². The summed E-state index contributed by atoms with van der Waals surface area (Å²) in [6.45, 7) is 0. The van der Waals surface area contributed by atoms with Crippen LogP contribution in [0.5, 0.6) is 0 Å². The van der Waals surface area contributed by atoms with Gasteiger partial charge in [-0.1, -0.05) is 146 Å². The number of rotatable bonds is 7. The van der Waals surface area contributed by atoms with Crippen LogP contribution in [0, 0.1) is 0 Å². The Kier molecular flexibility index (Phi) is 7.83. The van der Waals surface area contributed by atoms with Gasteiger partial charge in [0.25, 0.3) is 0 Å². The highest BCUT2D eigenvalue weighted by Gasteiger charge is 2.15. The van der Waals surface area contributed by atoms with Gasteiger partial charge < -0.3 is 0 Å². The molecule has 0 saturated heterocycles. The molecule has 0 spiro atoms. The summed E-state index contributed by atoms with van der Waals surface area (Å²) in [5, 5.41) is 4.51. The van der Waals surface area contributed by atoms with Crippen molar-refractivity contribution in [2.45, 2.75) is 0 Å². The van der Waals surface area contributed by atoms with Gasteiger partial charge in [-0.3, -0.25) is 9.98 Å². The summed E-state index contributed by atoms with van der Waals surface area (Å²) < 4.78 is 0. The molecule has 0 atom stereocenters. The van der Waals surface area contributed by atoms with Crippen molar-refractivity contribution in [1.82, 2.24) is 19.9 Å². The van der Waals surface area contributed by atoms with E-state index in [1.807, 2.05) is 109 Å². The van der Waals surface area contributed by atoms with Crippen LogP contribution in [0.15, 0.2) is 169 Å². The topological polar surface area (TPSA) is 63.9 Å². The summed E-state index contributed by atoms with van der Waals surface area (Å²) in [7, 11) is 0. The second kappa shape index (κ2) is 13.0. The Balaban J connectivity index is 1.16. The van der Waals surface area contributed by atoms with Gasteiger partial charge in [0.1, 0.15) is 0 Å². The molecule has 0 fully saturated rings. The Morgan fingerprint density at radius 2 is 1.02 bits per heavy atom. The number of fused-ring (bicyclic) bond motifs is 2. The molecular formula is C43H29N5. The number of nitrogens with zero attached hydrogens (tertiary/aromatic N) is 5. The van der Waals surface area contributed by atoms with Gasteiger partial charge in [-0.15, -0.1) is 0 Å². The summed E-state index contributed by atoms with van der Waals surface area (Å²) >= 11 is 0. The van der Waals surface area contributed by atoms with Crippen molar-refractivity contribution in [3.8, 4) is 45.4 Å². The van der Waals surface area contributed by atoms with Crippen LogP contribution in [0.25, 0.3) is 73.0 Å². The second-order valence-corrected chi connectivity index (χ2v) is 11.4. The van der Waals surface area contributed by atoms with Gasteiger partial charge in [-0.05, 0) is 39.4 Å². The minimum absolute atomic E-state index is 0.607. The summed E-state index contributed by atoms with van der Waals surface area (Å²) in [6.07, 6.45) is 7.49. The Labute approximate surface area is 278 Å². The lowest BCUT2D eigenvalue weighted by molar-refractivity contribution is 1.08. The van der Waals surface area contributed by atoms with Crippen LogP contribution in [0.2, 0.25) is 0 Å². The van der Waals surface area contributed by atoms with Gasteiger partial charge in [0, 0.05) is 46.3 Å². The molecule has 5 heteroatoms. The van der Waals surface area contributed by atoms with Crippen molar-refractivity contribution in [2.75, 3.05) is 0 Å². The Morgan fingerprint density at radius 1 is 0.438 bits per heavy atom. The molecule has 2 aromatic heterocycles. The molecule has 48 heavy (non-hydrogen) atoms. The van der Waals surface area contributed by atoms with Crippen molar-refractivity contribution < 1.29 is 0 Å². The molecule has 2 heterocycles. The van der Waals surface area contributed by atoms with E-state index in [0.29, 0.717) is 17.5 Å². The minimum Gasteiger partial charge on any atom is -0.264 e. The zero-order chi connectivity index (χ0) is 32.1. The highest BCUT2D eigenvalue weighted by molar-refractivity contribution is 5.96. The van der Waals surface area contributed by atoms with Crippen LogP contribution in [0.1, 0.15) is 11.1 Å². The lowest BCUT2D eigenvalue weighted by Gasteiger charge is -2.11. The SMILES string of the molecule is C(=N/C=C\c1ccccc1)c1ccc(-c2nc(-c3ccc(-c4nccc5ccccc45)cc3)nc(-c3cccc4ccccc34)n2)cc1. The first kappa shape index (κ1) is 28.9. The molecule has 5 nitrogen and oxygen atoms in total. The van der Waals surface area contributed by atoms with Gasteiger partial charge in [0.2, 0.25) is 0 Å². The van der Waals surface area contributed by atoms with Gasteiger partial charge >= 0.3 is 0 Å². The molecule has 0 aliphatic rings. The number of aliphatic imine (C=N–C) groups is 1. The predicted molar refractivity (Wildman–Crippen MR) is 197 cm³/mol. The first-order chi connectivity index (χ1) is 23.8. The largest absolute Gasteiger partial charge is 0.264 e. The van der Waals surface area contributed by atoms with Crippen molar-refractivity contribution >= 4 is 33.8 Å². The van der Waals surface area contributed by atoms with E-state index in [0.717, 1.165) is 60.6 Å². The van der Waals surface area contributed by atoms with E-state index in [9.17, 15) is 0 Å². The second-order valence-electron chi connectivity index (χ2n) is 11.4. The molecule has 0 aliphatic carbocycles. The first-order valence-corrected chi connectivity index (χ1v) is 15.8. The van der Waals surface area contributed by atoms with Crippen LogP contribution in [0.4, 0.5) is 0 Å². The Bertz CT molecular complexity index is 2420. The molecule has 0 saturated carbocycles. The van der Waals surface area contributed by atoms with Crippen LogP contribution in [-0.2, 0) is 0 Å². The zero-order valence-corrected chi connectivity index (χ0v) is 26.0. The smallest absolute Gasteiger partial charge is 0.164 e. The first-order valence-electron chi connectivity index (χ1n) is 15.8. The Morgan fingerprint density at radius 3 is 1.77 bits per heavy atom. The standard InChI is InChI=1S/C43H29N5/c1-2-9-30(10-3-1)25-27-44-29-31-17-19-35(20-18-31)41-46-42(48-43(47-41)39-16-8-13-32-11-4-6-14-37(32)39)36-23-21-34(22-24-36)40-38-15-7-5-12-33(38)26-28-45-40/h1-29H/b27-25-,44-29?. The lowest BCUT2D eigenvalue weighted by atomic mass is 10.0. The van der Waals surface area contributed by atoms with E-state index in [4.69, 9.17) is 19.9 Å². The fourth-order valence-electron chi connectivity index (χ4n) is 5.84. The normalized spacial score (nSPS) is 11.6. The molecule has 0 N–H and O–H groups in total. The highest BCUT2D eigenvalue weighted by atomic mass is 15.0. The van der Waals surface area contributed by atoms with E-state index < -0.39 is 0 Å². The quantitative estimate of drug-likeness (QED) is 0.167. The average molecular weight is 616 g/mol. The Hall–Kier alpha value is -6.59. The number of hydrogen-bond donors (Lipinski definition) is 0. The highest BCUT2D eigenvalue weighted by Crippen LogP contribution is 2.31. The molecule has 0 aliphatic heterocycles. The number of hydrogen-bond acceptors (Lipinski definition) is 5. The van der Waals surface area contributed by atoms with E-state index in [-0.39, 0.29) is 0 Å². The number of pyridine rings is 1. The summed E-state index contributed by atoms with van der Waals surface area (Å²) in [4.78, 5) is 24.2. The fraction of sp³-hybridized carbons (Fsp3) is 0. The summed E-state index contributed by atoms with van der Waals surface area (Å²) in [5.41, 5.74) is 6.84. The molecule has 226 valence electrons. The van der Waals surface area contributed by atoms with Crippen molar-refractivity contribution in [3.05, 3.63) is 175 Å². The van der Waals surface area contributed by atoms with E-state index >= 15 is 0 Å². The van der Waals surface area contributed by atoms with Crippen LogP contribution in [0.3, 0.4) is 0 Å². The minimum atomic E-state index is 0.607. The summed E-state index contributed by atoms with van der Waals surface area (Å²) in [6, 6.07) is 51.4. The van der Waals surface area contributed by atoms with Gasteiger partial charge in [0.15, 0.2) is 17.5 Å². The number of benzene rings is 6. The van der Waals surface area contributed by atoms with Crippen molar-refractivity contribution in [1.29, 1.82) is 0 Å². The molecule has 0 amide bonds. The predicted octanol–water partition coefficient (Wildman–Crippen LogP) is 10.3. The van der Waals surface area contributed by atoms with Crippen LogP contribution in [-0.4, -0.2) is 26.2 Å². The third-order valence-corrected chi connectivity index (χ3v) is 8.30. The molecule has 8 rings (SSSR count). The van der Waals surface area contributed by atoms with Crippen molar-refractivity contribution in [3.63, 3.8) is 0 Å². The van der Waals surface area contributed by atoms with E-state index in [1.54, 1.807) is 6.20 Å². The molecule has 0 bridgehead atoms. The van der Waals surface area contributed by atoms with Gasteiger partial charge in [0.05, 0.1) is 5.69 Å². The molecule has 6 aromatic carbocycles. The van der Waals surface area contributed by atoms with Crippen molar-refractivity contribution in [2.24, 2.45) is 4.99 Å². The maximum Gasteiger partial charge on any atom is 0.164 e. The number of aromatic nitrogens is 4. The third kappa shape index (κ3) is 6.00. The lowest BCUT2D eigenvalue weighted by Crippen LogP contribution is -2.00. The third-order valence-electron chi connectivity index (χ3n) is 8.30. The van der Waals surface area contributed by atoms with E-state index in [1.165, 1.54) is 0 Å². The maximum atomic E-state index is 5.03. The monoisotopic (exact) mass is 615 g/mol. The molecule has 0 radical (unpaired) electrons. The van der Waals surface area contributed by atoms with E-state index in [2.05, 4.69) is 65.7 Å². The van der Waals surface area contributed by atoms with Gasteiger partial charge in [-0.25, -0.2) is 15.0 Å². The molecular weight excluding hydrogens is 587 g/mol. The maximum absolute atomic E-state index is 5.03. The van der Waals surface area contributed by atoms with Crippen LogP contribution >= 0.6 is 0 Å².